The Balaban J connectivity index is 2.57. The van der Waals surface area contributed by atoms with Crippen LogP contribution in [-0.4, -0.2) is 47.5 Å². The molecule has 3 amide bonds. The van der Waals surface area contributed by atoms with Crippen LogP contribution in [0.5, 0.6) is 0 Å². The molecule has 0 fully saturated rings. The van der Waals surface area contributed by atoms with Crippen LogP contribution in [0.4, 0.5) is 4.79 Å². The van der Waals surface area contributed by atoms with Gasteiger partial charge in [-0.3, -0.25) is 9.59 Å². The van der Waals surface area contributed by atoms with Crippen LogP contribution in [0, 0.1) is 13.8 Å². The molecular weight excluding hydrogens is 526 g/mol. The van der Waals surface area contributed by atoms with Crippen LogP contribution < -0.4 is 10.6 Å². The Morgan fingerprint density at radius 1 is 0.833 bits per heavy atom. The number of aryl methyl sites for hydroxylation is 2. The summed E-state index contributed by atoms with van der Waals surface area (Å²) in [7, 11) is 0. The van der Waals surface area contributed by atoms with Crippen molar-refractivity contribution < 1.29 is 19.1 Å². The van der Waals surface area contributed by atoms with Crippen molar-refractivity contribution in [3.05, 3.63) is 70.8 Å². The monoisotopic (exact) mass is 579 g/mol. The zero-order valence-electron chi connectivity index (χ0n) is 26.9. The van der Waals surface area contributed by atoms with Gasteiger partial charge in [0.2, 0.25) is 11.8 Å². The molecule has 0 radical (unpaired) electrons. The fraction of sp³-hybridized carbons (Fsp3) is 0.571. The summed E-state index contributed by atoms with van der Waals surface area (Å²) in [6, 6.07) is 13.8. The Morgan fingerprint density at radius 2 is 1.45 bits per heavy atom. The van der Waals surface area contributed by atoms with Gasteiger partial charge in [-0.15, -0.1) is 0 Å². The summed E-state index contributed by atoms with van der Waals surface area (Å²) in [6.07, 6.45) is 6.38. The maximum absolute atomic E-state index is 14.6. The topological polar surface area (TPSA) is 87.7 Å². The van der Waals surface area contributed by atoms with Crippen molar-refractivity contribution in [3.8, 4) is 0 Å². The normalized spacial score (nSPS) is 12.7. The van der Waals surface area contributed by atoms with Crippen molar-refractivity contribution in [2.45, 2.75) is 118 Å². The molecule has 2 N–H and O–H groups in total. The average Bonchev–Trinajstić information content (AvgIpc) is 2.92. The van der Waals surface area contributed by atoms with E-state index in [4.69, 9.17) is 4.74 Å². The third-order valence-electron chi connectivity index (χ3n) is 7.26. The highest BCUT2D eigenvalue weighted by atomic mass is 16.6. The number of alkyl carbamates (subject to hydrolysis) is 1. The molecule has 2 aromatic carbocycles. The van der Waals surface area contributed by atoms with Crippen LogP contribution in [0.2, 0.25) is 0 Å². The Kier molecular flexibility index (Phi) is 14.6. The third kappa shape index (κ3) is 11.5. The molecule has 0 saturated heterocycles. The number of benzene rings is 2. The predicted molar refractivity (Wildman–Crippen MR) is 170 cm³/mol. The standard InChI is InChI=1S/C35H53N3O4/c1-8-10-12-17-24-38(31(32(39)36-23-16-11-9-2)30-26(3)19-18-20-27(30)4)33(40)29(25-28-21-14-13-15-22-28)37-34(41)42-35(5,6)7/h13-15,18-22,29,31H,8-12,16-17,23-25H2,1-7H3,(H,36,39)(H,37,41). The molecule has 2 aromatic rings. The number of amides is 3. The number of nitrogens with zero attached hydrogens (tertiary/aromatic N) is 1. The van der Waals surface area contributed by atoms with E-state index in [-0.39, 0.29) is 18.2 Å². The molecule has 2 atom stereocenters. The number of hydrogen-bond donors (Lipinski definition) is 2. The Morgan fingerprint density at radius 3 is 2.05 bits per heavy atom. The Hall–Kier alpha value is -3.35. The van der Waals surface area contributed by atoms with E-state index in [1.165, 1.54) is 0 Å². The number of ether oxygens (including phenoxy) is 1. The molecule has 2 unspecified atom stereocenters. The van der Waals surface area contributed by atoms with Crippen molar-refractivity contribution >= 4 is 17.9 Å². The summed E-state index contributed by atoms with van der Waals surface area (Å²) in [5.41, 5.74) is 2.93. The first-order valence-electron chi connectivity index (χ1n) is 15.7. The van der Waals surface area contributed by atoms with Crippen LogP contribution >= 0.6 is 0 Å². The Bertz CT molecular complexity index is 1110. The van der Waals surface area contributed by atoms with Gasteiger partial charge in [0.25, 0.3) is 0 Å². The molecule has 0 aromatic heterocycles. The lowest BCUT2D eigenvalue weighted by molar-refractivity contribution is -0.142. The van der Waals surface area contributed by atoms with Gasteiger partial charge in [-0.05, 0) is 69.7 Å². The Labute approximate surface area is 253 Å². The molecule has 232 valence electrons. The maximum Gasteiger partial charge on any atom is 0.408 e. The van der Waals surface area contributed by atoms with E-state index in [1.54, 1.807) is 25.7 Å². The number of carbonyl (C=O) groups excluding carboxylic acids is 3. The summed E-state index contributed by atoms with van der Waals surface area (Å²) >= 11 is 0. The summed E-state index contributed by atoms with van der Waals surface area (Å²) in [4.78, 5) is 43.3. The van der Waals surface area contributed by atoms with Crippen molar-refractivity contribution in [3.63, 3.8) is 0 Å². The van der Waals surface area contributed by atoms with Crippen LogP contribution in [0.25, 0.3) is 0 Å². The smallest absolute Gasteiger partial charge is 0.408 e. The average molecular weight is 580 g/mol. The first-order valence-corrected chi connectivity index (χ1v) is 15.7. The van der Waals surface area contributed by atoms with Crippen LogP contribution in [0.3, 0.4) is 0 Å². The van der Waals surface area contributed by atoms with Gasteiger partial charge in [0.05, 0.1) is 0 Å². The van der Waals surface area contributed by atoms with Crippen LogP contribution in [-0.2, 0) is 20.7 Å². The second kappa shape index (κ2) is 17.6. The fourth-order valence-corrected chi connectivity index (χ4v) is 5.15. The predicted octanol–water partition coefficient (Wildman–Crippen LogP) is 7.20. The van der Waals surface area contributed by atoms with Gasteiger partial charge in [-0.2, -0.15) is 0 Å². The minimum atomic E-state index is -0.909. The zero-order chi connectivity index (χ0) is 31.1. The largest absolute Gasteiger partial charge is 0.444 e. The van der Waals surface area contributed by atoms with Gasteiger partial charge in [0.15, 0.2) is 0 Å². The van der Waals surface area contributed by atoms with Crippen LogP contribution in [0.15, 0.2) is 48.5 Å². The quantitative estimate of drug-likeness (QED) is 0.206. The SMILES string of the molecule is CCCCCCN(C(=O)C(Cc1ccccc1)NC(=O)OC(C)(C)C)C(C(=O)NCCCCC)c1c(C)cccc1C. The van der Waals surface area contributed by atoms with E-state index in [1.807, 2.05) is 62.4 Å². The molecule has 0 saturated carbocycles. The summed E-state index contributed by atoms with van der Waals surface area (Å²) in [6.45, 7) is 14.6. The minimum absolute atomic E-state index is 0.192. The number of rotatable bonds is 16. The first-order chi connectivity index (χ1) is 20.0. The summed E-state index contributed by atoms with van der Waals surface area (Å²) < 4.78 is 5.56. The van der Waals surface area contributed by atoms with E-state index in [0.717, 1.165) is 67.2 Å². The molecule has 0 spiro atoms. The van der Waals surface area contributed by atoms with Crippen molar-refractivity contribution in [2.75, 3.05) is 13.1 Å². The van der Waals surface area contributed by atoms with E-state index >= 15 is 0 Å². The van der Waals surface area contributed by atoms with Crippen LogP contribution in [0.1, 0.15) is 108 Å². The zero-order valence-corrected chi connectivity index (χ0v) is 26.9. The lowest BCUT2D eigenvalue weighted by Crippen LogP contribution is -2.54. The maximum atomic E-state index is 14.6. The molecule has 42 heavy (non-hydrogen) atoms. The minimum Gasteiger partial charge on any atom is -0.444 e. The van der Waals surface area contributed by atoms with E-state index in [0.29, 0.717) is 13.1 Å². The molecule has 2 rings (SSSR count). The number of nitrogens with one attached hydrogen (secondary N) is 2. The molecular formula is C35H53N3O4. The van der Waals surface area contributed by atoms with E-state index in [2.05, 4.69) is 24.5 Å². The van der Waals surface area contributed by atoms with Gasteiger partial charge < -0.3 is 20.3 Å². The molecule has 0 aliphatic carbocycles. The third-order valence-corrected chi connectivity index (χ3v) is 7.26. The van der Waals surface area contributed by atoms with Gasteiger partial charge in [0, 0.05) is 19.5 Å². The molecule has 7 nitrogen and oxygen atoms in total. The summed E-state index contributed by atoms with van der Waals surface area (Å²) in [5.74, 6) is -0.486. The van der Waals surface area contributed by atoms with Crippen molar-refractivity contribution in [2.24, 2.45) is 0 Å². The first kappa shape index (κ1) is 34.8. The second-order valence-corrected chi connectivity index (χ2v) is 12.2. The van der Waals surface area contributed by atoms with E-state index in [9.17, 15) is 14.4 Å². The van der Waals surface area contributed by atoms with Gasteiger partial charge in [-0.25, -0.2) is 4.79 Å². The highest BCUT2D eigenvalue weighted by Gasteiger charge is 2.37. The number of carbonyl (C=O) groups is 3. The molecule has 0 aliphatic heterocycles. The summed E-state index contributed by atoms with van der Waals surface area (Å²) in [5, 5.41) is 5.98. The highest BCUT2D eigenvalue weighted by Crippen LogP contribution is 2.29. The number of hydrogen-bond acceptors (Lipinski definition) is 4. The molecule has 0 heterocycles. The second-order valence-electron chi connectivity index (χ2n) is 12.2. The molecule has 0 aliphatic rings. The van der Waals surface area contributed by atoms with Gasteiger partial charge >= 0.3 is 6.09 Å². The van der Waals surface area contributed by atoms with Gasteiger partial charge in [0.1, 0.15) is 17.7 Å². The van der Waals surface area contributed by atoms with Crippen molar-refractivity contribution in [1.29, 1.82) is 0 Å². The molecule has 7 heteroatoms. The van der Waals surface area contributed by atoms with E-state index < -0.39 is 23.8 Å². The van der Waals surface area contributed by atoms with Crippen molar-refractivity contribution in [1.82, 2.24) is 15.5 Å². The molecule has 0 bridgehead atoms. The number of unbranched alkanes of at least 4 members (excludes halogenated alkanes) is 5. The fourth-order valence-electron chi connectivity index (χ4n) is 5.15. The lowest BCUT2D eigenvalue weighted by atomic mass is 9.93. The van der Waals surface area contributed by atoms with Gasteiger partial charge in [-0.1, -0.05) is 94.5 Å². The lowest BCUT2D eigenvalue weighted by Gasteiger charge is -2.36. The highest BCUT2D eigenvalue weighted by molar-refractivity contribution is 5.92.